The second kappa shape index (κ2) is 5.06. The van der Waals surface area contributed by atoms with E-state index in [-0.39, 0.29) is 0 Å². The second-order valence-corrected chi connectivity index (χ2v) is 6.11. The molecule has 2 heterocycles. The number of benzene rings is 2. The van der Waals surface area contributed by atoms with Crippen molar-refractivity contribution in [2.45, 2.75) is 43.8 Å². The summed E-state index contributed by atoms with van der Waals surface area (Å²) in [6.07, 6.45) is 5.36. The van der Waals surface area contributed by atoms with Crippen molar-refractivity contribution in [2.24, 2.45) is 0 Å². The fourth-order valence-corrected chi connectivity index (χ4v) is 4.20. The van der Waals surface area contributed by atoms with Gasteiger partial charge in [0.2, 0.25) is 0 Å². The van der Waals surface area contributed by atoms with Crippen molar-refractivity contribution in [3.63, 3.8) is 0 Å². The average molecular weight is 263 g/mol. The zero-order valence-electron chi connectivity index (χ0n) is 11.8. The standard InChI is InChI=1S/C19H21N/c1-3-7-15(8-4-1)18-13-11-17-12-14-19(20(17)18)16-9-5-2-6-10-16/h1-10,17-19H,11-14H2/t17?,18-,19+. The van der Waals surface area contributed by atoms with Crippen molar-refractivity contribution >= 4 is 0 Å². The molecular weight excluding hydrogens is 242 g/mol. The predicted octanol–water partition coefficient (Wildman–Crippen LogP) is 4.73. The molecule has 0 aromatic heterocycles. The van der Waals surface area contributed by atoms with Crippen molar-refractivity contribution in [2.75, 3.05) is 0 Å². The molecule has 1 heteroatoms. The van der Waals surface area contributed by atoms with Crippen LogP contribution in [0.2, 0.25) is 0 Å². The van der Waals surface area contributed by atoms with Crippen LogP contribution in [0.4, 0.5) is 0 Å². The Bertz CT molecular complexity index is 511. The van der Waals surface area contributed by atoms with Gasteiger partial charge in [0, 0.05) is 18.1 Å². The van der Waals surface area contributed by atoms with Gasteiger partial charge in [0.15, 0.2) is 0 Å². The summed E-state index contributed by atoms with van der Waals surface area (Å²) in [6.45, 7) is 0. The third-order valence-electron chi connectivity index (χ3n) is 5.06. The van der Waals surface area contributed by atoms with Gasteiger partial charge in [0.1, 0.15) is 0 Å². The van der Waals surface area contributed by atoms with Crippen LogP contribution in [0.3, 0.4) is 0 Å². The van der Waals surface area contributed by atoms with Gasteiger partial charge < -0.3 is 0 Å². The molecule has 0 N–H and O–H groups in total. The topological polar surface area (TPSA) is 3.24 Å². The quantitative estimate of drug-likeness (QED) is 0.757. The summed E-state index contributed by atoms with van der Waals surface area (Å²) in [5.41, 5.74) is 3.00. The Morgan fingerprint density at radius 1 is 0.600 bits per heavy atom. The van der Waals surface area contributed by atoms with Crippen LogP contribution < -0.4 is 0 Å². The lowest BCUT2D eigenvalue weighted by molar-refractivity contribution is 0.182. The van der Waals surface area contributed by atoms with Crippen molar-refractivity contribution in [1.82, 2.24) is 4.90 Å². The fourth-order valence-electron chi connectivity index (χ4n) is 4.20. The number of nitrogens with zero attached hydrogens (tertiary/aromatic N) is 1. The van der Waals surface area contributed by atoms with Gasteiger partial charge >= 0.3 is 0 Å². The summed E-state index contributed by atoms with van der Waals surface area (Å²) in [5.74, 6) is 0. The SMILES string of the molecule is c1ccc([C@H]2CCC3CC[C@@H](c4ccccc4)N32)cc1. The van der Waals surface area contributed by atoms with Crippen LogP contribution in [-0.2, 0) is 0 Å². The van der Waals surface area contributed by atoms with Crippen LogP contribution in [0.15, 0.2) is 60.7 Å². The number of fused-ring (bicyclic) bond motifs is 1. The molecule has 2 aliphatic heterocycles. The van der Waals surface area contributed by atoms with E-state index in [9.17, 15) is 0 Å². The first kappa shape index (κ1) is 12.2. The summed E-state index contributed by atoms with van der Waals surface area (Å²) in [5, 5.41) is 0. The van der Waals surface area contributed by atoms with E-state index in [1.54, 1.807) is 0 Å². The fraction of sp³-hybridized carbons (Fsp3) is 0.368. The normalized spacial score (nSPS) is 29.5. The van der Waals surface area contributed by atoms with Crippen molar-refractivity contribution in [1.29, 1.82) is 0 Å². The smallest absolute Gasteiger partial charge is 0.0357 e. The van der Waals surface area contributed by atoms with Crippen LogP contribution in [-0.4, -0.2) is 10.9 Å². The summed E-state index contributed by atoms with van der Waals surface area (Å²) >= 11 is 0. The molecule has 0 amide bonds. The Balaban J connectivity index is 1.67. The molecule has 20 heavy (non-hydrogen) atoms. The molecule has 3 atom stereocenters. The first-order valence-corrected chi connectivity index (χ1v) is 7.81. The lowest BCUT2D eigenvalue weighted by Gasteiger charge is -2.31. The Labute approximate surface area is 121 Å². The van der Waals surface area contributed by atoms with E-state index in [4.69, 9.17) is 0 Å². The lowest BCUT2D eigenvalue weighted by Crippen LogP contribution is -2.28. The highest BCUT2D eigenvalue weighted by molar-refractivity contribution is 5.26. The highest BCUT2D eigenvalue weighted by Crippen LogP contribution is 2.49. The van der Waals surface area contributed by atoms with E-state index in [0.717, 1.165) is 6.04 Å². The Morgan fingerprint density at radius 2 is 1.05 bits per heavy atom. The zero-order chi connectivity index (χ0) is 13.4. The average Bonchev–Trinajstić information content (AvgIpc) is 3.10. The molecule has 0 radical (unpaired) electrons. The minimum Gasteiger partial charge on any atom is -0.286 e. The van der Waals surface area contributed by atoms with E-state index in [0.29, 0.717) is 12.1 Å². The summed E-state index contributed by atoms with van der Waals surface area (Å²) in [6, 6.07) is 24.2. The molecule has 2 saturated heterocycles. The number of hydrogen-bond acceptors (Lipinski definition) is 1. The van der Waals surface area contributed by atoms with E-state index >= 15 is 0 Å². The Kier molecular flexibility index (Phi) is 3.08. The minimum absolute atomic E-state index is 0.619. The highest BCUT2D eigenvalue weighted by atomic mass is 15.3. The van der Waals surface area contributed by atoms with Gasteiger partial charge in [-0.25, -0.2) is 0 Å². The molecule has 2 aromatic rings. The van der Waals surface area contributed by atoms with Crippen molar-refractivity contribution < 1.29 is 0 Å². The van der Waals surface area contributed by atoms with E-state index in [1.807, 2.05) is 0 Å². The van der Waals surface area contributed by atoms with Gasteiger partial charge in [-0.3, -0.25) is 4.90 Å². The Hall–Kier alpha value is -1.60. The largest absolute Gasteiger partial charge is 0.286 e. The van der Waals surface area contributed by atoms with Crippen LogP contribution in [0.1, 0.15) is 48.9 Å². The summed E-state index contributed by atoms with van der Waals surface area (Å²) in [4.78, 5) is 2.80. The molecule has 1 unspecified atom stereocenters. The van der Waals surface area contributed by atoms with Crippen molar-refractivity contribution in [3.8, 4) is 0 Å². The third-order valence-corrected chi connectivity index (χ3v) is 5.06. The van der Waals surface area contributed by atoms with Gasteiger partial charge in [-0.05, 0) is 36.8 Å². The van der Waals surface area contributed by atoms with Gasteiger partial charge in [-0.15, -0.1) is 0 Å². The molecule has 0 saturated carbocycles. The first-order chi connectivity index (χ1) is 9.93. The number of hydrogen-bond donors (Lipinski definition) is 0. The Morgan fingerprint density at radius 3 is 1.50 bits per heavy atom. The molecule has 2 aromatic carbocycles. The maximum atomic E-state index is 2.80. The van der Waals surface area contributed by atoms with Gasteiger partial charge in [0.25, 0.3) is 0 Å². The predicted molar refractivity (Wildman–Crippen MR) is 82.5 cm³/mol. The van der Waals surface area contributed by atoms with Gasteiger partial charge in [0.05, 0.1) is 0 Å². The van der Waals surface area contributed by atoms with Crippen molar-refractivity contribution in [3.05, 3.63) is 71.8 Å². The zero-order valence-corrected chi connectivity index (χ0v) is 11.8. The molecular formula is C19H21N. The monoisotopic (exact) mass is 263 g/mol. The minimum atomic E-state index is 0.619. The summed E-state index contributed by atoms with van der Waals surface area (Å²) in [7, 11) is 0. The molecule has 4 rings (SSSR count). The first-order valence-electron chi connectivity index (χ1n) is 7.81. The molecule has 2 fully saturated rings. The molecule has 102 valence electrons. The van der Waals surface area contributed by atoms with Gasteiger partial charge in [-0.2, -0.15) is 0 Å². The molecule has 2 aliphatic rings. The second-order valence-electron chi connectivity index (χ2n) is 6.11. The highest BCUT2D eigenvalue weighted by Gasteiger charge is 2.43. The number of rotatable bonds is 2. The molecule has 0 aliphatic carbocycles. The maximum absolute atomic E-state index is 2.80. The third kappa shape index (κ3) is 1.97. The van der Waals surface area contributed by atoms with Gasteiger partial charge in [-0.1, -0.05) is 60.7 Å². The molecule has 1 nitrogen and oxygen atoms in total. The van der Waals surface area contributed by atoms with Crippen LogP contribution in [0.5, 0.6) is 0 Å². The summed E-state index contributed by atoms with van der Waals surface area (Å²) < 4.78 is 0. The van der Waals surface area contributed by atoms with E-state index in [2.05, 4.69) is 65.6 Å². The lowest BCUT2D eigenvalue weighted by atomic mass is 9.98. The van der Waals surface area contributed by atoms with Crippen LogP contribution >= 0.6 is 0 Å². The maximum Gasteiger partial charge on any atom is 0.0357 e. The molecule has 0 spiro atoms. The van der Waals surface area contributed by atoms with E-state index < -0.39 is 0 Å². The van der Waals surface area contributed by atoms with E-state index in [1.165, 1.54) is 36.8 Å². The molecule has 0 bridgehead atoms. The van der Waals surface area contributed by atoms with Crippen LogP contribution in [0, 0.1) is 0 Å². The van der Waals surface area contributed by atoms with Crippen LogP contribution in [0.25, 0.3) is 0 Å².